The van der Waals surface area contributed by atoms with Crippen LogP contribution in [-0.4, -0.2) is 27.9 Å². The quantitative estimate of drug-likeness (QED) is 0.233. The van der Waals surface area contributed by atoms with Crippen molar-refractivity contribution in [1.82, 2.24) is 10.5 Å². The van der Waals surface area contributed by atoms with E-state index in [-0.39, 0.29) is 41.9 Å². The topological polar surface area (TPSA) is 120 Å². The molecule has 4 N–H and O–H groups in total. The van der Waals surface area contributed by atoms with Gasteiger partial charge in [0.2, 0.25) is 17.7 Å². The van der Waals surface area contributed by atoms with Crippen molar-refractivity contribution >= 4 is 40.0 Å². The molecule has 0 aliphatic heterocycles. The van der Waals surface area contributed by atoms with Crippen LogP contribution in [0.4, 0.5) is 11.4 Å². The van der Waals surface area contributed by atoms with Crippen molar-refractivity contribution in [2.45, 2.75) is 53.4 Å². The summed E-state index contributed by atoms with van der Waals surface area (Å²) in [6, 6.07) is 16.7. The second-order valence-electron chi connectivity index (χ2n) is 10.7. The van der Waals surface area contributed by atoms with Gasteiger partial charge in [-0.25, -0.2) is 5.48 Å². The smallest absolute Gasteiger partial charge is 0.243 e. The molecular formula is C28H34N4O4. The highest BCUT2D eigenvalue weighted by molar-refractivity contribution is 6.00. The fourth-order valence-electron chi connectivity index (χ4n) is 4.83. The molecular weight excluding hydrogens is 456 g/mol. The number of benzene rings is 2. The van der Waals surface area contributed by atoms with Gasteiger partial charge in [0.25, 0.3) is 0 Å². The minimum atomic E-state index is -0.442. The number of hydrogen-bond acceptors (Lipinski definition) is 5. The second kappa shape index (κ2) is 11.3. The predicted molar refractivity (Wildman–Crippen MR) is 140 cm³/mol. The Morgan fingerprint density at radius 2 is 1.44 bits per heavy atom. The molecule has 0 saturated carbocycles. The van der Waals surface area contributed by atoms with Gasteiger partial charge < -0.3 is 10.6 Å². The maximum Gasteiger partial charge on any atom is 0.243 e. The standard InChI is InChI=1S/C28H34N4O4/c1-27(2,18-28(3,4)17-25(35)32-36)16-24(34)30-21-12-10-19(11-13-21)15-23(33)31-22-9-5-7-20-8-6-14-29-26(20)22/h5-14,36H,15-18H2,1-4H3,(H,30,34)(H,31,33)(H,32,35). The van der Waals surface area contributed by atoms with Crippen molar-refractivity contribution in [3.05, 3.63) is 66.4 Å². The molecule has 0 aliphatic rings. The molecule has 36 heavy (non-hydrogen) atoms. The van der Waals surface area contributed by atoms with Crippen molar-refractivity contribution in [1.29, 1.82) is 0 Å². The highest BCUT2D eigenvalue weighted by Gasteiger charge is 2.32. The number of aromatic nitrogens is 1. The molecule has 1 heterocycles. The lowest BCUT2D eigenvalue weighted by Gasteiger charge is -2.34. The van der Waals surface area contributed by atoms with E-state index in [2.05, 4.69) is 15.6 Å². The number of para-hydroxylation sites is 1. The normalized spacial score (nSPS) is 11.7. The summed E-state index contributed by atoms with van der Waals surface area (Å²) < 4.78 is 0. The first-order valence-electron chi connectivity index (χ1n) is 11.9. The summed E-state index contributed by atoms with van der Waals surface area (Å²) in [7, 11) is 0. The van der Waals surface area contributed by atoms with E-state index < -0.39 is 5.91 Å². The summed E-state index contributed by atoms with van der Waals surface area (Å²) in [4.78, 5) is 41.2. The molecule has 3 rings (SSSR count). The molecule has 3 amide bonds. The maximum absolute atomic E-state index is 12.7. The number of nitrogens with zero attached hydrogens (tertiary/aromatic N) is 1. The number of amides is 3. The molecule has 0 bridgehead atoms. The van der Waals surface area contributed by atoms with Gasteiger partial charge in [-0.1, -0.05) is 58.0 Å². The minimum absolute atomic E-state index is 0.128. The number of carbonyl (C=O) groups is 3. The van der Waals surface area contributed by atoms with Crippen LogP contribution < -0.4 is 16.1 Å². The monoisotopic (exact) mass is 490 g/mol. The largest absolute Gasteiger partial charge is 0.326 e. The van der Waals surface area contributed by atoms with Crippen LogP contribution in [0.2, 0.25) is 0 Å². The van der Waals surface area contributed by atoms with Gasteiger partial charge in [-0.05, 0) is 47.1 Å². The van der Waals surface area contributed by atoms with E-state index in [1.165, 1.54) is 0 Å². The molecule has 2 aromatic carbocycles. The zero-order valence-corrected chi connectivity index (χ0v) is 21.2. The van der Waals surface area contributed by atoms with Crippen molar-refractivity contribution in [2.75, 3.05) is 10.6 Å². The number of hydrogen-bond donors (Lipinski definition) is 4. The lowest BCUT2D eigenvalue weighted by atomic mass is 9.71. The Morgan fingerprint density at radius 3 is 2.11 bits per heavy atom. The molecule has 0 spiro atoms. The molecule has 0 saturated heterocycles. The first-order chi connectivity index (χ1) is 17.0. The molecule has 190 valence electrons. The SMILES string of the molecule is CC(C)(CC(=O)NO)CC(C)(C)CC(=O)Nc1ccc(CC(=O)Nc2cccc3cccnc23)cc1. The summed E-state index contributed by atoms with van der Waals surface area (Å²) in [5.41, 5.74) is 3.83. The van der Waals surface area contributed by atoms with Crippen molar-refractivity contribution in [3.8, 4) is 0 Å². The van der Waals surface area contributed by atoms with Gasteiger partial charge in [-0.15, -0.1) is 0 Å². The van der Waals surface area contributed by atoms with Crippen LogP contribution in [0.3, 0.4) is 0 Å². The summed E-state index contributed by atoms with van der Waals surface area (Å²) in [6.45, 7) is 7.85. The summed E-state index contributed by atoms with van der Waals surface area (Å²) in [5, 5.41) is 15.6. The lowest BCUT2D eigenvalue weighted by molar-refractivity contribution is -0.131. The number of hydroxylamine groups is 1. The Bertz CT molecular complexity index is 1230. The van der Waals surface area contributed by atoms with Crippen molar-refractivity contribution in [2.24, 2.45) is 10.8 Å². The molecule has 8 nitrogen and oxygen atoms in total. The molecule has 0 fully saturated rings. The third-order valence-corrected chi connectivity index (χ3v) is 5.87. The number of nitrogens with one attached hydrogen (secondary N) is 3. The zero-order chi connectivity index (χ0) is 26.3. The van der Waals surface area contributed by atoms with E-state index in [1.807, 2.05) is 70.2 Å². The average Bonchev–Trinajstić information content (AvgIpc) is 2.79. The zero-order valence-electron chi connectivity index (χ0n) is 21.2. The molecule has 8 heteroatoms. The molecule has 0 radical (unpaired) electrons. The number of anilines is 2. The molecule has 0 atom stereocenters. The van der Waals surface area contributed by atoms with E-state index in [9.17, 15) is 14.4 Å². The van der Waals surface area contributed by atoms with E-state index >= 15 is 0 Å². The fraction of sp³-hybridized carbons (Fsp3) is 0.357. The lowest BCUT2D eigenvalue weighted by Crippen LogP contribution is -2.32. The van der Waals surface area contributed by atoms with Gasteiger partial charge >= 0.3 is 0 Å². The predicted octanol–water partition coefficient (Wildman–Crippen LogP) is 5.08. The highest BCUT2D eigenvalue weighted by Crippen LogP contribution is 2.38. The Kier molecular flexibility index (Phi) is 8.42. The Hall–Kier alpha value is -3.78. The van der Waals surface area contributed by atoms with E-state index in [1.54, 1.807) is 23.8 Å². The van der Waals surface area contributed by atoms with Gasteiger partial charge in [0.1, 0.15) is 0 Å². The molecule has 0 unspecified atom stereocenters. The molecule has 0 aliphatic carbocycles. The minimum Gasteiger partial charge on any atom is -0.326 e. The van der Waals surface area contributed by atoms with Gasteiger partial charge in [-0.2, -0.15) is 0 Å². The second-order valence-corrected chi connectivity index (χ2v) is 10.7. The van der Waals surface area contributed by atoms with Crippen LogP contribution in [0.15, 0.2) is 60.8 Å². The summed E-state index contributed by atoms with van der Waals surface area (Å²) in [5.74, 6) is -0.719. The van der Waals surface area contributed by atoms with Crippen LogP contribution in [0.25, 0.3) is 10.9 Å². The third-order valence-electron chi connectivity index (χ3n) is 5.87. The fourth-order valence-corrected chi connectivity index (χ4v) is 4.83. The van der Waals surface area contributed by atoms with Gasteiger partial charge in [0, 0.05) is 30.1 Å². The number of carbonyl (C=O) groups excluding carboxylic acids is 3. The molecule has 3 aromatic rings. The van der Waals surface area contributed by atoms with E-state index in [0.29, 0.717) is 17.8 Å². The van der Waals surface area contributed by atoms with Crippen LogP contribution >= 0.6 is 0 Å². The van der Waals surface area contributed by atoms with E-state index in [0.717, 1.165) is 16.5 Å². The van der Waals surface area contributed by atoms with Crippen LogP contribution in [0.5, 0.6) is 0 Å². The maximum atomic E-state index is 12.7. The number of fused-ring (bicyclic) bond motifs is 1. The Balaban J connectivity index is 1.53. The van der Waals surface area contributed by atoms with Crippen LogP contribution in [0, 0.1) is 10.8 Å². The first kappa shape index (κ1) is 26.8. The summed E-state index contributed by atoms with van der Waals surface area (Å²) in [6.07, 6.45) is 2.96. The Labute approximate surface area is 211 Å². The van der Waals surface area contributed by atoms with Crippen molar-refractivity contribution < 1.29 is 19.6 Å². The van der Waals surface area contributed by atoms with Crippen LogP contribution in [-0.2, 0) is 20.8 Å². The summed E-state index contributed by atoms with van der Waals surface area (Å²) >= 11 is 0. The third kappa shape index (κ3) is 7.88. The van der Waals surface area contributed by atoms with Gasteiger partial charge in [0.05, 0.1) is 17.6 Å². The average molecular weight is 491 g/mol. The highest BCUT2D eigenvalue weighted by atomic mass is 16.5. The Morgan fingerprint density at radius 1 is 0.806 bits per heavy atom. The van der Waals surface area contributed by atoms with E-state index in [4.69, 9.17) is 5.21 Å². The molecule has 1 aromatic heterocycles. The first-order valence-corrected chi connectivity index (χ1v) is 11.9. The number of rotatable bonds is 10. The van der Waals surface area contributed by atoms with Crippen LogP contribution in [0.1, 0.15) is 52.5 Å². The van der Waals surface area contributed by atoms with Crippen molar-refractivity contribution in [3.63, 3.8) is 0 Å². The van der Waals surface area contributed by atoms with Gasteiger partial charge in [0.15, 0.2) is 0 Å². The van der Waals surface area contributed by atoms with Gasteiger partial charge in [-0.3, -0.25) is 24.6 Å². The number of pyridine rings is 1.